The Bertz CT molecular complexity index is 82.6. The van der Waals surface area contributed by atoms with Crippen molar-refractivity contribution in [3.8, 4) is 0 Å². The molecule has 0 radical (unpaired) electrons. The van der Waals surface area contributed by atoms with E-state index in [9.17, 15) is 4.79 Å². The van der Waals surface area contributed by atoms with Gasteiger partial charge in [-0.1, -0.05) is 12.8 Å². The minimum atomic E-state index is -0.343. The molecule has 48 valence electrons. The van der Waals surface area contributed by atoms with Gasteiger partial charge in [0.2, 0.25) is 5.12 Å². The molecule has 0 amide bonds. The lowest BCUT2D eigenvalue weighted by Gasteiger charge is -2.04. The first kappa shape index (κ1) is 8.68. The highest BCUT2D eigenvalue weighted by atomic mass is 32.1. The summed E-state index contributed by atoms with van der Waals surface area (Å²) < 4.78 is 2.44. The normalized spacial score (nSPS) is 13.4. The fourth-order valence-corrected chi connectivity index (χ4v) is 1.19. The molecule has 0 aromatic heterocycles. The molecule has 2 nitrogen and oxygen atoms in total. The van der Waals surface area contributed by atoms with Crippen molar-refractivity contribution in [2.45, 2.75) is 6.04 Å². The second kappa shape index (κ2) is 4.55. The third kappa shape index (κ3) is 2.86. The predicted octanol–water partition coefficient (Wildman–Crippen LogP) is 0.176. The molecule has 0 bridgehead atoms. The zero-order chi connectivity index (χ0) is 6.57. The van der Waals surface area contributed by atoms with Gasteiger partial charge in [0.1, 0.15) is 0 Å². The topological polar surface area (TPSA) is 29.1 Å². The summed E-state index contributed by atoms with van der Waals surface area (Å²) in [7, 11) is 0. The maximum Gasteiger partial charge on any atom is 0.204 e. The monoisotopic (exact) mass is 169 g/mol. The Hall–Kier alpha value is 0.680. The molecule has 0 aliphatic heterocycles. The fourth-order valence-electron chi connectivity index (χ4n) is 0.174. The summed E-state index contributed by atoms with van der Waals surface area (Å²) in [6.45, 7) is 0. The molecule has 0 rings (SSSR count). The van der Waals surface area contributed by atoms with Crippen LogP contribution < -0.4 is 4.72 Å². The van der Waals surface area contributed by atoms with Crippen LogP contribution >= 0.6 is 38.1 Å². The molecule has 0 aliphatic carbocycles. The third-order valence-electron chi connectivity index (χ3n) is 0.637. The molecule has 0 heterocycles. The second-order valence-corrected chi connectivity index (χ2v) is 2.27. The van der Waals surface area contributed by atoms with Crippen molar-refractivity contribution in [3.63, 3.8) is 0 Å². The van der Waals surface area contributed by atoms with E-state index in [2.05, 4.69) is 42.8 Å². The summed E-state index contributed by atoms with van der Waals surface area (Å²) in [4.78, 5) is 10.3. The first-order valence-corrected chi connectivity index (χ1v) is 3.48. The van der Waals surface area contributed by atoms with Crippen molar-refractivity contribution in [1.29, 1.82) is 0 Å². The molecule has 0 saturated carbocycles. The highest BCUT2D eigenvalue weighted by Gasteiger charge is 2.08. The summed E-state index contributed by atoms with van der Waals surface area (Å²) in [6, 6.07) is -0.343. The lowest BCUT2D eigenvalue weighted by atomic mass is 10.4. The lowest BCUT2D eigenvalue weighted by Crippen LogP contribution is -2.29. The largest absolute Gasteiger partial charge is 0.286 e. The molecule has 0 unspecified atom stereocenters. The van der Waals surface area contributed by atoms with Gasteiger partial charge in [0.05, 0.1) is 6.04 Å². The van der Waals surface area contributed by atoms with E-state index in [-0.39, 0.29) is 11.2 Å². The first-order chi connectivity index (χ1) is 3.72. The Kier molecular flexibility index (Phi) is 4.94. The summed E-state index contributed by atoms with van der Waals surface area (Å²) >= 11 is 11.1. The zero-order valence-corrected chi connectivity index (χ0v) is 6.72. The molecule has 0 aromatic rings. The van der Waals surface area contributed by atoms with Crippen LogP contribution in [0.4, 0.5) is 0 Å². The van der Waals surface area contributed by atoms with Crippen molar-refractivity contribution in [2.75, 3.05) is 5.75 Å². The number of hydrogen-bond donors (Lipinski definition) is 4. The Morgan fingerprint density at radius 3 is 2.25 bits per heavy atom. The van der Waals surface area contributed by atoms with Crippen LogP contribution in [-0.2, 0) is 4.79 Å². The van der Waals surface area contributed by atoms with Gasteiger partial charge in [-0.15, -0.1) is 12.6 Å². The molecular weight excluding hydrogens is 162 g/mol. The first-order valence-electron chi connectivity index (χ1n) is 1.95. The number of thiol groups is 3. The quantitative estimate of drug-likeness (QED) is 0.454. The number of nitrogens with one attached hydrogen (secondary N) is 1. The van der Waals surface area contributed by atoms with Crippen molar-refractivity contribution >= 4 is 43.2 Å². The van der Waals surface area contributed by atoms with E-state index in [0.717, 1.165) is 0 Å². The van der Waals surface area contributed by atoms with Gasteiger partial charge in [-0.2, -0.15) is 12.6 Å². The summed E-state index contributed by atoms with van der Waals surface area (Å²) in [5, 5.41) is -0.241. The van der Waals surface area contributed by atoms with Crippen LogP contribution in [0.15, 0.2) is 0 Å². The molecule has 0 aromatic carbocycles. The molecular formula is C3H7NOS3. The molecule has 1 N–H and O–H groups in total. The number of carbonyl (C=O) groups is 1. The van der Waals surface area contributed by atoms with Gasteiger partial charge in [-0.25, -0.2) is 0 Å². The van der Waals surface area contributed by atoms with Crippen LogP contribution in [-0.4, -0.2) is 16.9 Å². The van der Waals surface area contributed by atoms with Crippen LogP contribution in [0.2, 0.25) is 0 Å². The molecule has 0 aliphatic rings. The summed E-state index contributed by atoms with van der Waals surface area (Å²) in [6.07, 6.45) is 0. The summed E-state index contributed by atoms with van der Waals surface area (Å²) in [5.74, 6) is 0.422. The van der Waals surface area contributed by atoms with Crippen LogP contribution in [0.25, 0.3) is 0 Å². The van der Waals surface area contributed by atoms with E-state index in [1.165, 1.54) is 0 Å². The standard InChI is InChI=1S/C3H7NOS3/c5-3(7)2(1-6)4-8/h2,4,6,8H,1H2,(H,5,7)/t2-/m0/s1. The van der Waals surface area contributed by atoms with E-state index in [0.29, 0.717) is 5.75 Å². The molecule has 8 heavy (non-hydrogen) atoms. The third-order valence-corrected chi connectivity index (χ3v) is 1.63. The van der Waals surface area contributed by atoms with Crippen LogP contribution in [0.1, 0.15) is 0 Å². The SMILES string of the molecule is O=C(S)[C@H](CS)NS. The van der Waals surface area contributed by atoms with Gasteiger partial charge in [-0.3, -0.25) is 9.52 Å². The van der Waals surface area contributed by atoms with E-state index >= 15 is 0 Å². The Morgan fingerprint density at radius 2 is 2.25 bits per heavy atom. The second-order valence-electron chi connectivity index (χ2n) is 1.20. The minimum absolute atomic E-state index is 0.241. The van der Waals surface area contributed by atoms with Gasteiger partial charge in [-0.05, 0) is 0 Å². The number of rotatable bonds is 3. The molecule has 0 saturated heterocycles. The maximum atomic E-state index is 10.3. The van der Waals surface area contributed by atoms with Crippen LogP contribution in [0, 0.1) is 0 Å². The highest BCUT2D eigenvalue weighted by Crippen LogP contribution is 1.93. The average molecular weight is 169 g/mol. The molecule has 0 spiro atoms. The fraction of sp³-hybridized carbons (Fsp3) is 0.667. The van der Waals surface area contributed by atoms with Crippen LogP contribution in [0.5, 0.6) is 0 Å². The van der Waals surface area contributed by atoms with Gasteiger partial charge in [0.25, 0.3) is 0 Å². The molecule has 0 fully saturated rings. The van der Waals surface area contributed by atoms with E-state index in [1.54, 1.807) is 0 Å². The average Bonchev–Trinajstić information content (AvgIpc) is 1.69. The number of hydrogen-bond acceptors (Lipinski definition) is 4. The smallest absolute Gasteiger partial charge is 0.204 e. The minimum Gasteiger partial charge on any atom is -0.286 e. The Morgan fingerprint density at radius 1 is 1.75 bits per heavy atom. The van der Waals surface area contributed by atoms with Crippen molar-refractivity contribution in [1.82, 2.24) is 4.72 Å². The number of carbonyl (C=O) groups excluding carboxylic acids is 1. The Labute approximate surface area is 64.8 Å². The zero-order valence-electron chi connectivity index (χ0n) is 4.03. The predicted molar refractivity (Wildman–Crippen MR) is 43.8 cm³/mol. The summed E-state index contributed by atoms with van der Waals surface area (Å²) in [5.41, 5.74) is 0. The van der Waals surface area contributed by atoms with Crippen molar-refractivity contribution < 1.29 is 4.79 Å². The lowest BCUT2D eigenvalue weighted by molar-refractivity contribution is -0.111. The van der Waals surface area contributed by atoms with E-state index in [4.69, 9.17) is 0 Å². The van der Waals surface area contributed by atoms with Crippen molar-refractivity contribution in [2.24, 2.45) is 0 Å². The van der Waals surface area contributed by atoms with Gasteiger partial charge in [0, 0.05) is 5.75 Å². The maximum absolute atomic E-state index is 10.3. The Balaban J connectivity index is 3.52. The van der Waals surface area contributed by atoms with E-state index < -0.39 is 0 Å². The van der Waals surface area contributed by atoms with Crippen molar-refractivity contribution in [3.05, 3.63) is 0 Å². The van der Waals surface area contributed by atoms with Gasteiger partial charge < -0.3 is 0 Å². The van der Waals surface area contributed by atoms with Gasteiger partial charge in [0.15, 0.2) is 0 Å². The van der Waals surface area contributed by atoms with Crippen LogP contribution in [0.3, 0.4) is 0 Å². The highest BCUT2D eigenvalue weighted by molar-refractivity contribution is 7.97. The van der Waals surface area contributed by atoms with Gasteiger partial charge >= 0.3 is 0 Å². The molecule has 5 heteroatoms. The molecule has 1 atom stereocenters. The van der Waals surface area contributed by atoms with E-state index in [1.807, 2.05) is 0 Å².